The van der Waals surface area contributed by atoms with Crippen molar-refractivity contribution in [2.24, 2.45) is 5.73 Å². The van der Waals surface area contributed by atoms with Crippen LogP contribution in [0.5, 0.6) is 0 Å². The molecule has 16 heavy (non-hydrogen) atoms. The minimum Gasteiger partial charge on any atom is -0.342 e. The van der Waals surface area contributed by atoms with E-state index in [-0.39, 0.29) is 16.9 Å². The van der Waals surface area contributed by atoms with E-state index < -0.39 is 10.8 Å². The van der Waals surface area contributed by atoms with Crippen molar-refractivity contribution < 1.29 is 9.00 Å². The number of nitrogens with two attached hydrogens (primary N) is 1. The Hall–Kier alpha value is -0.420. The molecule has 0 aromatic carbocycles. The molecule has 1 saturated heterocycles. The van der Waals surface area contributed by atoms with Crippen LogP contribution < -0.4 is 5.73 Å². The van der Waals surface area contributed by atoms with E-state index in [0.717, 1.165) is 25.9 Å². The molecule has 0 aromatic heterocycles. The summed E-state index contributed by atoms with van der Waals surface area (Å²) in [5.74, 6) is 0.166. The number of amides is 1. The van der Waals surface area contributed by atoms with E-state index in [1.165, 1.54) is 12.8 Å². The van der Waals surface area contributed by atoms with Gasteiger partial charge in [0, 0.05) is 35.7 Å². The molecule has 1 heterocycles. The second kappa shape index (κ2) is 7.01. The van der Waals surface area contributed by atoms with Crippen molar-refractivity contribution in [1.29, 1.82) is 0 Å². The monoisotopic (exact) mass is 246 g/mol. The zero-order valence-electron chi connectivity index (χ0n) is 9.98. The first-order valence-electron chi connectivity index (χ1n) is 6.00. The predicted molar refractivity (Wildman–Crippen MR) is 66.6 cm³/mol. The molecule has 1 amide bonds. The topological polar surface area (TPSA) is 63.4 Å². The van der Waals surface area contributed by atoms with Crippen LogP contribution in [0.15, 0.2) is 0 Å². The third kappa shape index (κ3) is 4.22. The largest absolute Gasteiger partial charge is 0.342 e. The van der Waals surface area contributed by atoms with Crippen molar-refractivity contribution >= 4 is 16.7 Å². The molecule has 2 atom stereocenters. The van der Waals surface area contributed by atoms with Gasteiger partial charge in [0.2, 0.25) is 5.91 Å². The van der Waals surface area contributed by atoms with E-state index in [1.54, 1.807) is 0 Å². The average molecular weight is 246 g/mol. The van der Waals surface area contributed by atoms with Crippen LogP contribution >= 0.6 is 0 Å². The summed E-state index contributed by atoms with van der Waals surface area (Å²) in [6.07, 6.45) is 4.55. The van der Waals surface area contributed by atoms with Gasteiger partial charge in [-0.25, -0.2) is 0 Å². The SMILES string of the molecule is CC(CN)S(=O)CC(=O)N1CCCCCC1. The van der Waals surface area contributed by atoms with E-state index in [0.29, 0.717) is 6.54 Å². The van der Waals surface area contributed by atoms with Crippen LogP contribution in [0.1, 0.15) is 32.6 Å². The van der Waals surface area contributed by atoms with Gasteiger partial charge in [0.1, 0.15) is 5.75 Å². The molecule has 1 rings (SSSR count). The number of hydrogen-bond acceptors (Lipinski definition) is 3. The third-order valence-corrected chi connectivity index (χ3v) is 4.63. The number of carbonyl (C=O) groups is 1. The van der Waals surface area contributed by atoms with Crippen LogP contribution in [0.4, 0.5) is 0 Å². The van der Waals surface area contributed by atoms with Crippen LogP contribution in [0.25, 0.3) is 0 Å². The molecule has 2 unspecified atom stereocenters. The molecule has 0 radical (unpaired) electrons. The van der Waals surface area contributed by atoms with E-state index in [1.807, 2.05) is 11.8 Å². The van der Waals surface area contributed by atoms with E-state index in [2.05, 4.69) is 0 Å². The molecule has 0 saturated carbocycles. The van der Waals surface area contributed by atoms with Crippen molar-refractivity contribution in [3.63, 3.8) is 0 Å². The van der Waals surface area contributed by atoms with Crippen LogP contribution in [-0.4, -0.2) is 45.7 Å². The summed E-state index contributed by atoms with van der Waals surface area (Å²) in [6, 6.07) is 0. The first-order valence-corrected chi connectivity index (χ1v) is 7.38. The molecule has 0 aromatic rings. The second-order valence-corrected chi connectivity index (χ2v) is 6.22. The van der Waals surface area contributed by atoms with Crippen molar-refractivity contribution in [3.05, 3.63) is 0 Å². The Bertz CT molecular complexity index is 250. The van der Waals surface area contributed by atoms with Gasteiger partial charge >= 0.3 is 0 Å². The lowest BCUT2D eigenvalue weighted by Crippen LogP contribution is -2.37. The highest BCUT2D eigenvalue weighted by atomic mass is 32.2. The van der Waals surface area contributed by atoms with E-state index >= 15 is 0 Å². The Labute approximate surface area is 100 Å². The number of carbonyl (C=O) groups excluding carboxylic acids is 1. The highest BCUT2D eigenvalue weighted by Crippen LogP contribution is 2.10. The third-order valence-electron chi connectivity index (χ3n) is 3.01. The van der Waals surface area contributed by atoms with Crippen molar-refractivity contribution in [1.82, 2.24) is 4.90 Å². The summed E-state index contributed by atoms with van der Waals surface area (Å²) in [5, 5.41) is -0.0871. The van der Waals surface area contributed by atoms with Gasteiger partial charge in [-0.15, -0.1) is 0 Å². The fourth-order valence-electron chi connectivity index (χ4n) is 1.78. The van der Waals surface area contributed by atoms with Gasteiger partial charge in [0.05, 0.1) is 0 Å². The molecule has 2 N–H and O–H groups in total. The van der Waals surface area contributed by atoms with Crippen LogP contribution in [-0.2, 0) is 15.6 Å². The van der Waals surface area contributed by atoms with E-state index in [9.17, 15) is 9.00 Å². The van der Waals surface area contributed by atoms with Gasteiger partial charge in [-0.2, -0.15) is 0 Å². The first kappa shape index (κ1) is 13.6. The van der Waals surface area contributed by atoms with Gasteiger partial charge in [-0.3, -0.25) is 9.00 Å². The number of nitrogens with zero attached hydrogens (tertiary/aromatic N) is 1. The lowest BCUT2D eigenvalue weighted by molar-refractivity contribution is -0.128. The molecule has 5 heteroatoms. The minimum atomic E-state index is -1.12. The molecule has 0 bridgehead atoms. The predicted octanol–water partition coefficient (Wildman–Crippen LogP) is 0.485. The summed E-state index contributed by atoms with van der Waals surface area (Å²) < 4.78 is 11.7. The van der Waals surface area contributed by atoms with Crippen molar-refractivity contribution in [2.75, 3.05) is 25.4 Å². The zero-order valence-corrected chi connectivity index (χ0v) is 10.8. The summed E-state index contributed by atoms with van der Waals surface area (Å²) in [5.41, 5.74) is 5.43. The summed E-state index contributed by atoms with van der Waals surface area (Å²) in [4.78, 5) is 13.7. The van der Waals surface area contributed by atoms with Gasteiger partial charge in [0.15, 0.2) is 0 Å². The quantitative estimate of drug-likeness (QED) is 0.785. The highest BCUT2D eigenvalue weighted by molar-refractivity contribution is 7.86. The van der Waals surface area contributed by atoms with Gasteiger partial charge in [-0.1, -0.05) is 12.8 Å². The zero-order chi connectivity index (χ0) is 12.0. The lowest BCUT2D eigenvalue weighted by Gasteiger charge is -2.20. The molecule has 1 fully saturated rings. The van der Waals surface area contributed by atoms with Gasteiger partial charge in [-0.05, 0) is 19.8 Å². The molecule has 0 spiro atoms. The van der Waals surface area contributed by atoms with E-state index in [4.69, 9.17) is 5.73 Å². The fourth-order valence-corrected chi connectivity index (χ4v) is 2.71. The maximum atomic E-state index is 11.9. The average Bonchev–Trinajstić information content (AvgIpc) is 2.56. The maximum absolute atomic E-state index is 11.9. The minimum absolute atomic E-state index is 0.0283. The number of likely N-dealkylation sites (tertiary alicyclic amines) is 1. The molecule has 1 aliphatic rings. The van der Waals surface area contributed by atoms with Crippen LogP contribution in [0.3, 0.4) is 0 Å². The molecular weight excluding hydrogens is 224 g/mol. The normalized spacial score (nSPS) is 21.2. The molecule has 94 valence electrons. The van der Waals surface area contributed by atoms with Crippen LogP contribution in [0, 0.1) is 0 Å². The van der Waals surface area contributed by atoms with Gasteiger partial charge < -0.3 is 10.6 Å². The smallest absolute Gasteiger partial charge is 0.235 e. The Morgan fingerprint density at radius 2 is 1.88 bits per heavy atom. The summed E-state index contributed by atoms with van der Waals surface area (Å²) >= 11 is 0. The standard InChI is InChI=1S/C11H22N2O2S/c1-10(8-12)16(15)9-11(14)13-6-4-2-3-5-7-13/h10H,2-9,12H2,1H3. The Morgan fingerprint density at radius 1 is 1.31 bits per heavy atom. The fraction of sp³-hybridized carbons (Fsp3) is 0.909. The summed E-state index contributed by atoms with van der Waals surface area (Å²) in [7, 11) is -1.12. The highest BCUT2D eigenvalue weighted by Gasteiger charge is 2.19. The Balaban J connectivity index is 2.41. The van der Waals surface area contributed by atoms with Crippen molar-refractivity contribution in [2.45, 2.75) is 37.9 Å². The first-order chi connectivity index (χ1) is 7.65. The second-order valence-electron chi connectivity index (χ2n) is 4.37. The maximum Gasteiger partial charge on any atom is 0.235 e. The van der Waals surface area contributed by atoms with Crippen LogP contribution in [0.2, 0.25) is 0 Å². The number of rotatable bonds is 4. The Morgan fingerprint density at radius 3 is 2.38 bits per heavy atom. The molecular formula is C11H22N2O2S. The molecule has 0 aliphatic carbocycles. The van der Waals surface area contributed by atoms with Gasteiger partial charge in [0.25, 0.3) is 0 Å². The Kier molecular flexibility index (Phi) is 5.98. The molecule has 1 aliphatic heterocycles. The summed E-state index contributed by atoms with van der Waals surface area (Å²) in [6.45, 7) is 3.85. The lowest BCUT2D eigenvalue weighted by atomic mass is 10.2. The molecule has 4 nitrogen and oxygen atoms in total. The number of hydrogen-bond donors (Lipinski definition) is 1. The van der Waals surface area contributed by atoms with Crippen molar-refractivity contribution in [3.8, 4) is 0 Å².